The lowest BCUT2D eigenvalue weighted by molar-refractivity contribution is -0.128. The van der Waals surface area contributed by atoms with Crippen LogP contribution in [-0.4, -0.2) is 31.6 Å². The van der Waals surface area contributed by atoms with Gasteiger partial charge < -0.3 is 16.0 Å². The third-order valence-electron chi connectivity index (χ3n) is 4.61. The fraction of sp³-hybridized carbons (Fsp3) is 0.562. The molecule has 1 heterocycles. The van der Waals surface area contributed by atoms with Crippen molar-refractivity contribution >= 4 is 5.91 Å². The molecular weight excluding hydrogens is 250 g/mol. The van der Waals surface area contributed by atoms with Crippen molar-refractivity contribution in [3.05, 3.63) is 35.4 Å². The Labute approximate surface area is 120 Å². The SMILES string of the molecule is CNC1CC(C(=O)NCC2Cc3ccccc3CN2)C1. The molecule has 0 spiro atoms. The Morgan fingerprint density at radius 3 is 2.80 bits per heavy atom. The Hall–Kier alpha value is -1.39. The van der Waals surface area contributed by atoms with Crippen LogP contribution in [0.25, 0.3) is 0 Å². The highest BCUT2D eigenvalue weighted by Gasteiger charge is 2.33. The average Bonchev–Trinajstić information content (AvgIpc) is 2.44. The zero-order valence-electron chi connectivity index (χ0n) is 12.0. The van der Waals surface area contributed by atoms with E-state index in [1.165, 1.54) is 11.1 Å². The van der Waals surface area contributed by atoms with Crippen molar-refractivity contribution < 1.29 is 4.79 Å². The van der Waals surface area contributed by atoms with Crippen LogP contribution in [0.2, 0.25) is 0 Å². The molecule has 2 aliphatic rings. The summed E-state index contributed by atoms with van der Waals surface area (Å²) in [6.07, 6.45) is 2.95. The van der Waals surface area contributed by atoms with Crippen molar-refractivity contribution in [2.75, 3.05) is 13.6 Å². The zero-order chi connectivity index (χ0) is 13.9. The number of rotatable bonds is 4. The molecule has 1 unspecified atom stereocenters. The van der Waals surface area contributed by atoms with Gasteiger partial charge in [-0.2, -0.15) is 0 Å². The van der Waals surface area contributed by atoms with E-state index in [4.69, 9.17) is 0 Å². The smallest absolute Gasteiger partial charge is 0.223 e. The Morgan fingerprint density at radius 2 is 2.05 bits per heavy atom. The topological polar surface area (TPSA) is 53.2 Å². The molecule has 1 amide bonds. The summed E-state index contributed by atoms with van der Waals surface area (Å²) in [5, 5.41) is 9.81. The third-order valence-corrected chi connectivity index (χ3v) is 4.61. The summed E-state index contributed by atoms with van der Waals surface area (Å²) < 4.78 is 0. The molecule has 0 bridgehead atoms. The van der Waals surface area contributed by atoms with E-state index in [9.17, 15) is 4.79 Å². The Kier molecular flexibility index (Phi) is 4.03. The summed E-state index contributed by atoms with van der Waals surface area (Å²) in [5.74, 6) is 0.431. The fourth-order valence-electron chi connectivity index (χ4n) is 3.10. The van der Waals surface area contributed by atoms with E-state index in [2.05, 4.69) is 40.2 Å². The van der Waals surface area contributed by atoms with Gasteiger partial charge in [-0.3, -0.25) is 4.79 Å². The predicted octanol–water partition coefficient (Wildman–Crippen LogP) is 0.815. The van der Waals surface area contributed by atoms with E-state index in [0.29, 0.717) is 12.1 Å². The normalized spacial score (nSPS) is 28.4. The molecule has 4 nitrogen and oxygen atoms in total. The summed E-state index contributed by atoms with van der Waals surface area (Å²) in [7, 11) is 1.96. The van der Waals surface area contributed by atoms with Crippen LogP contribution < -0.4 is 16.0 Å². The highest BCUT2D eigenvalue weighted by atomic mass is 16.1. The Bertz CT molecular complexity index is 482. The van der Waals surface area contributed by atoms with Crippen LogP contribution in [0.1, 0.15) is 24.0 Å². The molecule has 1 aromatic carbocycles. The molecule has 1 fully saturated rings. The van der Waals surface area contributed by atoms with Crippen molar-refractivity contribution in [3.63, 3.8) is 0 Å². The Morgan fingerprint density at radius 1 is 1.30 bits per heavy atom. The first-order valence-electron chi connectivity index (χ1n) is 7.51. The molecule has 1 aromatic rings. The number of nitrogens with one attached hydrogen (secondary N) is 3. The second-order valence-corrected chi connectivity index (χ2v) is 5.95. The van der Waals surface area contributed by atoms with Gasteiger partial charge in [0.15, 0.2) is 0 Å². The van der Waals surface area contributed by atoms with Gasteiger partial charge in [-0.05, 0) is 37.4 Å². The summed E-state index contributed by atoms with van der Waals surface area (Å²) in [6.45, 7) is 1.63. The lowest BCUT2D eigenvalue weighted by atomic mass is 9.79. The number of benzene rings is 1. The summed E-state index contributed by atoms with van der Waals surface area (Å²) in [4.78, 5) is 12.0. The first kappa shape index (κ1) is 13.6. The predicted molar refractivity (Wildman–Crippen MR) is 79.4 cm³/mol. The van der Waals surface area contributed by atoms with Gasteiger partial charge in [-0.1, -0.05) is 24.3 Å². The number of carbonyl (C=O) groups is 1. The van der Waals surface area contributed by atoms with Crippen LogP contribution in [0, 0.1) is 5.92 Å². The van der Waals surface area contributed by atoms with Gasteiger partial charge in [0.2, 0.25) is 5.91 Å². The van der Waals surface area contributed by atoms with Gasteiger partial charge >= 0.3 is 0 Å². The van der Waals surface area contributed by atoms with Gasteiger partial charge in [0, 0.05) is 31.1 Å². The lowest BCUT2D eigenvalue weighted by Crippen LogP contribution is -2.50. The molecule has 0 saturated heterocycles. The molecule has 0 aromatic heterocycles. The molecule has 0 radical (unpaired) electrons. The molecule has 20 heavy (non-hydrogen) atoms. The highest BCUT2D eigenvalue weighted by Crippen LogP contribution is 2.27. The van der Waals surface area contributed by atoms with Gasteiger partial charge in [0.1, 0.15) is 0 Å². The number of hydrogen-bond donors (Lipinski definition) is 3. The molecule has 3 rings (SSSR count). The quantitative estimate of drug-likeness (QED) is 0.761. The van der Waals surface area contributed by atoms with E-state index in [1.807, 2.05) is 7.05 Å². The molecule has 1 aliphatic heterocycles. The van der Waals surface area contributed by atoms with Crippen molar-refractivity contribution in [3.8, 4) is 0 Å². The number of fused-ring (bicyclic) bond motifs is 1. The van der Waals surface area contributed by atoms with E-state index in [0.717, 1.165) is 32.4 Å². The van der Waals surface area contributed by atoms with Crippen LogP contribution in [0.3, 0.4) is 0 Å². The van der Waals surface area contributed by atoms with Crippen LogP contribution in [0.4, 0.5) is 0 Å². The first-order chi connectivity index (χ1) is 9.76. The number of hydrogen-bond acceptors (Lipinski definition) is 3. The summed E-state index contributed by atoms with van der Waals surface area (Å²) >= 11 is 0. The highest BCUT2D eigenvalue weighted by molar-refractivity contribution is 5.79. The number of carbonyl (C=O) groups excluding carboxylic acids is 1. The standard InChI is InChI=1S/C16H23N3O/c1-17-14-7-13(8-14)16(20)19-10-15-6-11-4-2-3-5-12(11)9-18-15/h2-5,13-15,17-18H,6-10H2,1H3,(H,19,20). The maximum absolute atomic E-state index is 12.0. The largest absolute Gasteiger partial charge is 0.354 e. The van der Waals surface area contributed by atoms with Crippen LogP contribution in [0.15, 0.2) is 24.3 Å². The van der Waals surface area contributed by atoms with Crippen LogP contribution in [-0.2, 0) is 17.8 Å². The van der Waals surface area contributed by atoms with Crippen molar-refractivity contribution in [1.29, 1.82) is 0 Å². The second kappa shape index (κ2) is 5.94. The minimum atomic E-state index is 0.211. The first-order valence-corrected chi connectivity index (χ1v) is 7.51. The third kappa shape index (κ3) is 2.86. The number of amides is 1. The minimum absolute atomic E-state index is 0.211. The molecule has 1 aliphatic carbocycles. The zero-order valence-corrected chi connectivity index (χ0v) is 12.0. The van der Waals surface area contributed by atoms with Crippen molar-refractivity contribution in [1.82, 2.24) is 16.0 Å². The molecule has 4 heteroatoms. The maximum atomic E-state index is 12.0. The van der Waals surface area contributed by atoms with Crippen LogP contribution >= 0.6 is 0 Å². The average molecular weight is 273 g/mol. The molecule has 1 saturated carbocycles. The lowest BCUT2D eigenvalue weighted by Gasteiger charge is -2.34. The molecule has 1 atom stereocenters. The summed E-state index contributed by atoms with van der Waals surface area (Å²) in [5.41, 5.74) is 2.79. The second-order valence-electron chi connectivity index (χ2n) is 5.95. The van der Waals surface area contributed by atoms with E-state index in [-0.39, 0.29) is 11.8 Å². The molecular formula is C16H23N3O. The Balaban J connectivity index is 1.45. The van der Waals surface area contributed by atoms with Gasteiger partial charge in [-0.15, -0.1) is 0 Å². The van der Waals surface area contributed by atoms with E-state index < -0.39 is 0 Å². The monoisotopic (exact) mass is 273 g/mol. The maximum Gasteiger partial charge on any atom is 0.223 e. The van der Waals surface area contributed by atoms with Gasteiger partial charge in [-0.25, -0.2) is 0 Å². The van der Waals surface area contributed by atoms with E-state index >= 15 is 0 Å². The minimum Gasteiger partial charge on any atom is -0.354 e. The summed E-state index contributed by atoms with van der Waals surface area (Å²) in [6, 6.07) is 9.42. The van der Waals surface area contributed by atoms with Crippen molar-refractivity contribution in [2.45, 2.75) is 37.9 Å². The molecule has 3 N–H and O–H groups in total. The molecule has 108 valence electrons. The van der Waals surface area contributed by atoms with Gasteiger partial charge in [0.25, 0.3) is 0 Å². The fourth-order valence-corrected chi connectivity index (χ4v) is 3.10. The van der Waals surface area contributed by atoms with E-state index in [1.54, 1.807) is 0 Å². The van der Waals surface area contributed by atoms with Gasteiger partial charge in [0.05, 0.1) is 0 Å². The van der Waals surface area contributed by atoms with Crippen LogP contribution in [0.5, 0.6) is 0 Å². The van der Waals surface area contributed by atoms with Crippen molar-refractivity contribution in [2.24, 2.45) is 5.92 Å².